The number of imide groups is 1. The molecule has 35 heavy (non-hydrogen) atoms. The number of aryl methyl sites for hydroxylation is 2. The number of rotatable bonds is 2. The van der Waals surface area contributed by atoms with Gasteiger partial charge in [0.15, 0.2) is 0 Å². The standard InChI is InChI=1S/C28H20ClNO5/c1-14-11-12-16(13-15(14)2)30-26(33)21-22(27(30)34)28(35-23(21)19-9-5-6-10-20(19)29)24(31)17-7-3-4-8-18(17)25(28)32/h3-13,21-23H,1-2H3/t21-,22-,23+/m1/s1. The van der Waals surface area contributed by atoms with Crippen LogP contribution in [0.15, 0.2) is 66.7 Å². The van der Waals surface area contributed by atoms with Crippen molar-refractivity contribution in [2.75, 3.05) is 4.90 Å². The molecule has 3 aromatic rings. The second-order valence-electron chi connectivity index (χ2n) is 9.28. The molecule has 2 saturated heterocycles. The summed E-state index contributed by atoms with van der Waals surface area (Å²) in [5, 5.41) is 0.327. The summed E-state index contributed by atoms with van der Waals surface area (Å²) < 4.78 is 6.27. The van der Waals surface area contributed by atoms with Crippen molar-refractivity contribution in [2.24, 2.45) is 11.8 Å². The molecule has 0 bridgehead atoms. The number of benzene rings is 3. The van der Waals surface area contributed by atoms with Crippen LogP contribution >= 0.6 is 11.6 Å². The minimum absolute atomic E-state index is 0.195. The highest BCUT2D eigenvalue weighted by atomic mass is 35.5. The topological polar surface area (TPSA) is 80.8 Å². The fraction of sp³-hybridized carbons (Fsp3) is 0.214. The monoisotopic (exact) mass is 485 g/mol. The van der Waals surface area contributed by atoms with Crippen LogP contribution in [0.1, 0.15) is 43.5 Å². The highest BCUT2D eigenvalue weighted by molar-refractivity contribution is 6.37. The van der Waals surface area contributed by atoms with E-state index < -0.39 is 46.9 Å². The van der Waals surface area contributed by atoms with Gasteiger partial charge in [-0.3, -0.25) is 19.2 Å². The van der Waals surface area contributed by atoms with Crippen LogP contribution < -0.4 is 4.90 Å². The predicted octanol–water partition coefficient (Wildman–Crippen LogP) is 4.65. The summed E-state index contributed by atoms with van der Waals surface area (Å²) in [5.41, 5.74) is 1.07. The molecule has 0 unspecified atom stereocenters. The van der Waals surface area contributed by atoms with Gasteiger partial charge in [-0.15, -0.1) is 0 Å². The van der Waals surface area contributed by atoms with E-state index in [1.165, 1.54) is 0 Å². The van der Waals surface area contributed by atoms with Crippen LogP contribution in [-0.4, -0.2) is 29.0 Å². The van der Waals surface area contributed by atoms with E-state index in [2.05, 4.69) is 0 Å². The molecule has 6 nitrogen and oxygen atoms in total. The lowest BCUT2D eigenvalue weighted by Gasteiger charge is -2.27. The van der Waals surface area contributed by atoms with Gasteiger partial charge in [-0.1, -0.05) is 60.1 Å². The Morgan fingerprint density at radius 1 is 0.800 bits per heavy atom. The van der Waals surface area contributed by atoms with Crippen molar-refractivity contribution in [3.05, 3.63) is 99.6 Å². The van der Waals surface area contributed by atoms with Gasteiger partial charge >= 0.3 is 0 Å². The molecule has 0 aromatic heterocycles. The molecule has 0 radical (unpaired) electrons. The number of nitrogens with zero attached hydrogens (tertiary/aromatic N) is 1. The molecule has 1 aliphatic carbocycles. The van der Waals surface area contributed by atoms with E-state index in [1.807, 2.05) is 19.9 Å². The molecule has 7 heteroatoms. The normalized spacial score (nSPS) is 24.4. The average Bonchev–Trinajstić information content (AvgIpc) is 3.41. The SMILES string of the molecule is Cc1ccc(N2C(=O)[C@H]3[C@H](c4ccccc4Cl)OC4(C(=O)c5ccccc5C4=O)[C@H]3C2=O)cc1C. The van der Waals surface area contributed by atoms with Crippen molar-refractivity contribution in [3.8, 4) is 0 Å². The Balaban J connectivity index is 1.56. The van der Waals surface area contributed by atoms with Gasteiger partial charge in [0.05, 0.1) is 23.6 Å². The van der Waals surface area contributed by atoms with Gasteiger partial charge < -0.3 is 4.74 Å². The summed E-state index contributed by atoms with van der Waals surface area (Å²) >= 11 is 6.47. The molecule has 1 spiro atoms. The maximum absolute atomic E-state index is 13.9. The van der Waals surface area contributed by atoms with Gasteiger partial charge in [0.25, 0.3) is 0 Å². The molecular formula is C28H20ClNO5. The van der Waals surface area contributed by atoms with Crippen LogP contribution in [0, 0.1) is 25.7 Å². The molecule has 174 valence electrons. The first-order chi connectivity index (χ1) is 16.8. The number of amides is 2. The first kappa shape index (κ1) is 21.9. The Morgan fingerprint density at radius 3 is 2.06 bits per heavy atom. The van der Waals surface area contributed by atoms with E-state index in [4.69, 9.17) is 16.3 Å². The minimum Gasteiger partial charge on any atom is -0.349 e. The lowest BCUT2D eigenvalue weighted by Crippen LogP contribution is -2.51. The van der Waals surface area contributed by atoms with E-state index in [0.717, 1.165) is 16.0 Å². The fourth-order valence-electron chi connectivity index (χ4n) is 5.62. The lowest BCUT2D eigenvalue weighted by molar-refractivity contribution is -0.127. The first-order valence-corrected chi connectivity index (χ1v) is 11.7. The molecule has 2 fully saturated rings. The molecule has 2 heterocycles. The Bertz CT molecular complexity index is 1440. The number of anilines is 1. The maximum Gasteiger partial charge on any atom is 0.241 e. The third-order valence-corrected chi connectivity index (χ3v) is 7.82. The summed E-state index contributed by atoms with van der Waals surface area (Å²) in [5.74, 6) is -4.69. The molecular weight excluding hydrogens is 466 g/mol. The van der Waals surface area contributed by atoms with Gasteiger partial charge in [0.2, 0.25) is 29.0 Å². The largest absolute Gasteiger partial charge is 0.349 e. The molecule has 2 amide bonds. The predicted molar refractivity (Wildman–Crippen MR) is 129 cm³/mol. The second kappa shape index (κ2) is 7.44. The zero-order valence-electron chi connectivity index (χ0n) is 18.9. The van der Waals surface area contributed by atoms with Crippen molar-refractivity contribution in [1.29, 1.82) is 0 Å². The van der Waals surface area contributed by atoms with Gasteiger partial charge in [0.1, 0.15) is 0 Å². The minimum atomic E-state index is -2.11. The van der Waals surface area contributed by atoms with Crippen LogP contribution in [0.3, 0.4) is 0 Å². The van der Waals surface area contributed by atoms with E-state index in [-0.39, 0.29) is 11.1 Å². The Morgan fingerprint density at radius 2 is 1.43 bits per heavy atom. The first-order valence-electron chi connectivity index (χ1n) is 11.3. The molecule has 3 atom stereocenters. The van der Waals surface area contributed by atoms with Crippen LogP contribution in [0.5, 0.6) is 0 Å². The lowest BCUT2D eigenvalue weighted by atomic mass is 9.77. The number of ketones is 2. The molecule has 2 aliphatic heterocycles. The highest BCUT2D eigenvalue weighted by Gasteiger charge is 2.74. The Kier molecular flexibility index (Phi) is 4.66. The van der Waals surface area contributed by atoms with Gasteiger partial charge in [-0.25, -0.2) is 4.90 Å². The third kappa shape index (κ3) is 2.75. The molecule has 3 aliphatic rings. The second-order valence-corrected chi connectivity index (χ2v) is 9.69. The van der Waals surface area contributed by atoms with Gasteiger partial charge in [-0.05, 0) is 43.2 Å². The number of carbonyl (C=O) groups excluding carboxylic acids is 4. The van der Waals surface area contributed by atoms with E-state index >= 15 is 0 Å². The zero-order chi connectivity index (χ0) is 24.6. The van der Waals surface area contributed by atoms with Crippen molar-refractivity contribution in [2.45, 2.75) is 25.6 Å². The number of hydrogen-bond donors (Lipinski definition) is 0. The number of fused-ring (bicyclic) bond motifs is 3. The summed E-state index contributed by atoms with van der Waals surface area (Å²) in [7, 11) is 0. The van der Waals surface area contributed by atoms with Crippen molar-refractivity contribution in [1.82, 2.24) is 0 Å². The highest BCUT2D eigenvalue weighted by Crippen LogP contribution is 2.58. The Hall–Kier alpha value is -3.61. The van der Waals surface area contributed by atoms with Gasteiger partial charge in [-0.2, -0.15) is 0 Å². The summed E-state index contributed by atoms with van der Waals surface area (Å²) in [6.45, 7) is 3.83. The molecule has 0 saturated carbocycles. The van der Waals surface area contributed by atoms with Crippen LogP contribution in [0.25, 0.3) is 0 Å². The number of Topliss-reactive ketones (excluding diaryl/α,β-unsaturated/α-hetero) is 2. The van der Waals surface area contributed by atoms with Crippen LogP contribution in [0.4, 0.5) is 5.69 Å². The zero-order valence-corrected chi connectivity index (χ0v) is 19.7. The van der Waals surface area contributed by atoms with E-state index in [1.54, 1.807) is 60.7 Å². The summed E-state index contributed by atoms with van der Waals surface area (Å²) in [6.07, 6.45) is -1.04. The summed E-state index contributed by atoms with van der Waals surface area (Å²) in [6, 6.07) is 18.5. The van der Waals surface area contributed by atoms with E-state index in [9.17, 15) is 19.2 Å². The van der Waals surface area contributed by atoms with Gasteiger partial charge in [0, 0.05) is 21.7 Å². The van der Waals surface area contributed by atoms with Crippen LogP contribution in [0.2, 0.25) is 5.02 Å². The Labute approximate surface area is 206 Å². The molecule has 6 rings (SSSR count). The number of ether oxygens (including phenoxy) is 1. The van der Waals surface area contributed by atoms with E-state index in [0.29, 0.717) is 16.3 Å². The van der Waals surface area contributed by atoms with Crippen molar-refractivity contribution < 1.29 is 23.9 Å². The maximum atomic E-state index is 13.9. The quantitative estimate of drug-likeness (QED) is 0.390. The number of carbonyl (C=O) groups is 4. The number of hydrogen-bond acceptors (Lipinski definition) is 5. The third-order valence-electron chi connectivity index (χ3n) is 7.48. The van der Waals surface area contributed by atoms with Crippen molar-refractivity contribution >= 4 is 40.7 Å². The average molecular weight is 486 g/mol. The smallest absolute Gasteiger partial charge is 0.241 e. The van der Waals surface area contributed by atoms with Crippen molar-refractivity contribution in [3.63, 3.8) is 0 Å². The van der Waals surface area contributed by atoms with Crippen LogP contribution in [-0.2, 0) is 14.3 Å². The molecule has 0 N–H and O–H groups in total. The fourth-order valence-corrected chi connectivity index (χ4v) is 5.87. The summed E-state index contributed by atoms with van der Waals surface area (Å²) in [4.78, 5) is 56.5. The number of halogens is 1. The molecule has 3 aromatic carbocycles.